The van der Waals surface area contributed by atoms with Crippen molar-refractivity contribution in [3.05, 3.63) is 42.2 Å². The summed E-state index contributed by atoms with van der Waals surface area (Å²) in [5.41, 5.74) is 2.49. The zero-order valence-electron chi connectivity index (χ0n) is 9.07. The Kier molecular flexibility index (Phi) is 2.72. The molecule has 0 fully saturated rings. The number of nitrogens with zero attached hydrogens (tertiary/aromatic N) is 2. The van der Waals surface area contributed by atoms with Crippen LogP contribution in [0.1, 0.15) is 12.5 Å². The molecule has 0 spiro atoms. The van der Waals surface area contributed by atoms with E-state index in [1.165, 1.54) is 5.56 Å². The van der Waals surface area contributed by atoms with E-state index in [9.17, 15) is 0 Å². The molecule has 0 saturated heterocycles. The van der Waals surface area contributed by atoms with E-state index < -0.39 is 0 Å². The Morgan fingerprint density at radius 3 is 3.00 bits per heavy atom. The molecule has 0 bridgehead atoms. The first-order chi connectivity index (χ1) is 7.35. The first kappa shape index (κ1) is 9.77. The molecule has 0 aliphatic carbocycles. The number of nitrogens with one attached hydrogen (secondary N) is 1. The van der Waals surface area contributed by atoms with Gasteiger partial charge in [-0.1, -0.05) is 19.1 Å². The van der Waals surface area contributed by atoms with Gasteiger partial charge in [0.05, 0.1) is 0 Å². The first-order valence-corrected chi connectivity index (χ1v) is 5.15. The summed E-state index contributed by atoms with van der Waals surface area (Å²) < 4.78 is 2.04. The largest absolute Gasteiger partial charge is 0.358 e. The van der Waals surface area contributed by atoms with E-state index in [1.54, 1.807) is 6.20 Å². The van der Waals surface area contributed by atoms with Crippen LogP contribution < -0.4 is 5.32 Å². The van der Waals surface area contributed by atoms with Crippen molar-refractivity contribution in [2.75, 3.05) is 12.4 Å². The SMILES string of the molecule is CCc1cccc(-n2ccnc2NC)c1. The standard InChI is InChI=1S/C12H15N3/c1-3-10-5-4-6-11(9-10)15-8-7-14-12(15)13-2/h4-9H,3H2,1-2H3,(H,13,14). The Morgan fingerprint density at radius 2 is 2.27 bits per heavy atom. The molecule has 15 heavy (non-hydrogen) atoms. The van der Waals surface area contributed by atoms with Crippen LogP contribution >= 0.6 is 0 Å². The normalized spacial score (nSPS) is 10.3. The van der Waals surface area contributed by atoms with Gasteiger partial charge in [0.15, 0.2) is 0 Å². The number of anilines is 1. The van der Waals surface area contributed by atoms with Crippen molar-refractivity contribution < 1.29 is 0 Å². The Bertz CT molecular complexity index is 446. The van der Waals surface area contributed by atoms with Gasteiger partial charge in [-0.3, -0.25) is 4.57 Å². The lowest BCUT2D eigenvalue weighted by molar-refractivity contribution is 1.04. The molecule has 3 heteroatoms. The summed E-state index contributed by atoms with van der Waals surface area (Å²) in [4.78, 5) is 4.22. The molecule has 0 saturated carbocycles. The summed E-state index contributed by atoms with van der Waals surface area (Å²) in [5.74, 6) is 0.864. The summed E-state index contributed by atoms with van der Waals surface area (Å²) in [6.07, 6.45) is 4.81. The van der Waals surface area contributed by atoms with E-state index in [4.69, 9.17) is 0 Å². The van der Waals surface area contributed by atoms with Gasteiger partial charge in [0.25, 0.3) is 0 Å². The molecule has 0 aliphatic rings. The third kappa shape index (κ3) is 1.86. The van der Waals surface area contributed by atoms with Crippen molar-refractivity contribution in [1.82, 2.24) is 9.55 Å². The summed E-state index contributed by atoms with van der Waals surface area (Å²) in [6, 6.07) is 8.48. The lowest BCUT2D eigenvalue weighted by Gasteiger charge is -2.08. The van der Waals surface area contributed by atoms with E-state index in [0.29, 0.717) is 0 Å². The van der Waals surface area contributed by atoms with Crippen LogP contribution in [0.2, 0.25) is 0 Å². The van der Waals surface area contributed by atoms with Crippen molar-refractivity contribution in [1.29, 1.82) is 0 Å². The summed E-state index contributed by atoms with van der Waals surface area (Å²) >= 11 is 0. The fourth-order valence-electron chi connectivity index (χ4n) is 1.62. The molecule has 0 atom stereocenters. The Balaban J connectivity index is 2.44. The van der Waals surface area contributed by atoms with Gasteiger partial charge in [0.2, 0.25) is 5.95 Å². The molecule has 0 aliphatic heterocycles. The summed E-state index contributed by atoms with van der Waals surface area (Å²) in [7, 11) is 1.88. The third-order valence-corrected chi connectivity index (χ3v) is 2.46. The van der Waals surface area contributed by atoms with Gasteiger partial charge >= 0.3 is 0 Å². The van der Waals surface area contributed by atoms with E-state index >= 15 is 0 Å². The minimum atomic E-state index is 0.864. The smallest absolute Gasteiger partial charge is 0.207 e. The average Bonchev–Trinajstić information content (AvgIpc) is 2.77. The highest BCUT2D eigenvalue weighted by molar-refractivity contribution is 5.43. The molecule has 1 aromatic heterocycles. The van der Waals surface area contributed by atoms with Crippen LogP contribution in [0, 0.1) is 0 Å². The van der Waals surface area contributed by atoms with Crippen molar-refractivity contribution in [2.24, 2.45) is 0 Å². The molecular formula is C12H15N3. The van der Waals surface area contributed by atoms with Crippen LogP contribution in [0.4, 0.5) is 5.95 Å². The molecule has 2 aromatic rings. The molecule has 0 amide bonds. The summed E-state index contributed by atoms with van der Waals surface area (Å²) in [5, 5.41) is 3.06. The van der Waals surface area contributed by atoms with Gasteiger partial charge in [0.1, 0.15) is 0 Å². The maximum Gasteiger partial charge on any atom is 0.207 e. The van der Waals surface area contributed by atoms with Crippen molar-refractivity contribution in [2.45, 2.75) is 13.3 Å². The second kappa shape index (κ2) is 4.17. The topological polar surface area (TPSA) is 29.9 Å². The number of rotatable bonds is 3. The van der Waals surface area contributed by atoms with Crippen molar-refractivity contribution >= 4 is 5.95 Å². The number of imidazole rings is 1. The minimum Gasteiger partial charge on any atom is -0.358 e. The van der Waals surface area contributed by atoms with Gasteiger partial charge in [-0.05, 0) is 24.1 Å². The lowest BCUT2D eigenvalue weighted by atomic mass is 10.1. The van der Waals surface area contributed by atoms with E-state index in [1.807, 2.05) is 17.8 Å². The summed E-state index contributed by atoms with van der Waals surface area (Å²) in [6.45, 7) is 2.16. The zero-order chi connectivity index (χ0) is 10.7. The van der Waals surface area contributed by atoms with Crippen LogP contribution in [0.5, 0.6) is 0 Å². The van der Waals surface area contributed by atoms with Gasteiger partial charge in [0, 0.05) is 25.1 Å². The number of hydrogen-bond acceptors (Lipinski definition) is 2. The average molecular weight is 201 g/mol. The lowest BCUT2D eigenvalue weighted by Crippen LogP contribution is -2.00. The van der Waals surface area contributed by atoms with E-state index in [0.717, 1.165) is 18.1 Å². The predicted octanol–water partition coefficient (Wildman–Crippen LogP) is 2.48. The predicted molar refractivity (Wildman–Crippen MR) is 62.5 cm³/mol. The molecule has 3 nitrogen and oxygen atoms in total. The quantitative estimate of drug-likeness (QED) is 0.826. The monoisotopic (exact) mass is 201 g/mol. The van der Waals surface area contributed by atoms with E-state index in [-0.39, 0.29) is 0 Å². The van der Waals surface area contributed by atoms with E-state index in [2.05, 4.69) is 41.5 Å². The Morgan fingerprint density at radius 1 is 1.40 bits per heavy atom. The van der Waals surface area contributed by atoms with Crippen LogP contribution in [0.3, 0.4) is 0 Å². The van der Waals surface area contributed by atoms with Gasteiger partial charge in [-0.2, -0.15) is 0 Å². The van der Waals surface area contributed by atoms with Crippen LogP contribution in [0.25, 0.3) is 5.69 Å². The zero-order valence-corrected chi connectivity index (χ0v) is 9.07. The molecular weight excluding hydrogens is 186 g/mol. The molecule has 1 heterocycles. The number of aryl methyl sites for hydroxylation is 1. The van der Waals surface area contributed by atoms with Crippen LogP contribution in [-0.4, -0.2) is 16.6 Å². The molecule has 2 rings (SSSR count). The molecule has 0 radical (unpaired) electrons. The molecule has 0 unspecified atom stereocenters. The molecule has 1 N–H and O–H groups in total. The maximum atomic E-state index is 4.22. The van der Waals surface area contributed by atoms with Crippen LogP contribution in [0.15, 0.2) is 36.7 Å². The fourth-order valence-corrected chi connectivity index (χ4v) is 1.62. The van der Waals surface area contributed by atoms with Crippen molar-refractivity contribution in [3.63, 3.8) is 0 Å². The molecule has 1 aromatic carbocycles. The van der Waals surface area contributed by atoms with Gasteiger partial charge < -0.3 is 5.32 Å². The number of hydrogen-bond donors (Lipinski definition) is 1. The molecule has 78 valence electrons. The minimum absolute atomic E-state index is 0.864. The van der Waals surface area contributed by atoms with Gasteiger partial charge in [-0.15, -0.1) is 0 Å². The maximum absolute atomic E-state index is 4.22. The second-order valence-electron chi connectivity index (χ2n) is 3.39. The van der Waals surface area contributed by atoms with Crippen LogP contribution in [-0.2, 0) is 6.42 Å². The fraction of sp³-hybridized carbons (Fsp3) is 0.250. The third-order valence-electron chi connectivity index (χ3n) is 2.46. The first-order valence-electron chi connectivity index (χ1n) is 5.15. The second-order valence-corrected chi connectivity index (χ2v) is 3.39. The Labute approximate surface area is 89.8 Å². The Hall–Kier alpha value is -1.77. The highest BCUT2D eigenvalue weighted by Crippen LogP contribution is 2.15. The highest BCUT2D eigenvalue weighted by Gasteiger charge is 2.02. The highest BCUT2D eigenvalue weighted by atomic mass is 15.2. The van der Waals surface area contributed by atoms with Gasteiger partial charge in [-0.25, -0.2) is 4.98 Å². The number of aromatic nitrogens is 2. The number of benzene rings is 1. The van der Waals surface area contributed by atoms with Crippen molar-refractivity contribution in [3.8, 4) is 5.69 Å².